The topological polar surface area (TPSA) is 67.6 Å². The molecule has 3 aromatic rings. The number of hydrogen-bond acceptors (Lipinski definition) is 5. The van der Waals surface area contributed by atoms with Crippen molar-refractivity contribution in [1.82, 2.24) is 15.4 Å². The largest absolute Gasteiger partial charge is 0.493 e. The van der Waals surface area contributed by atoms with Gasteiger partial charge in [-0.25, -0.2) is 0 Å². The van der Waals surface area contributed by atoms with Gasteiger partial charge in [-0.1, -0.05) is 62.7 Å². The van der Waals surface area contributed by atoms with Crippen molar-refractivity contribution in [1.29, 1.82) is 0 Å². The van der Waals surface area contributed by atoms with Gasteiger partial charge in [0, 0.05) is 18.2 Å². The SMILES string of the molecule is CCN(CC)[C@@H](CNC(=O)c1cc(-c2ccc(OCC(C)C)cc2)on1)c1ccc(C)cc1. The van der Waals surface area contributed by atoms with Crippen molar-refractivity contribution >= 4 is 5.91 Å². The molecule has 0 saturated heterocycles. The van der Waals surface area contributed by atoms with Crippen molar-refractivity contribution in [3.63, 3.8) is 0 Å². The average molecular weight is 450 g/mol. The lowest BCUT2D eigenvalue weighted by Crippen LogP contribution is -2.38. The molecule has 1 aromatic heterocycles. The number of amides is 1. The maximum absolute atomic E-state index is 12.8. The van der Waals surface area contributed by atoms with Gasteiger partial charge < -0.3 is 14.6 Å². The van der Waals surface area contributed by atoms with Gasteiger partial charge in [0.2, 0.25) is 0 Å². The maximum Gasteiger partial charge on any atom is 0.273 e. The number of hydrogen-bond donors (Lipinski definition) is 1. The standard InChI is InChI=1S/C27H35N3O3/c1-6-30(7-2)25(21-10-8-20(5)9-11-21)17-28-27(31)24-16-26(33-29-24)22-12-14-23(15-13-22)32-18-19(3)4/h8-16,19,25H,6-7,17-18H2,1-5H3,(H,28,31)/t25-/m0/s1. The first-order valence-electron chi connectivity index (χ1n) is 11.7. The summed E-state index contributed by atoms with van der Waals surface area (Å²) in [6.07, 6.45) is 0. The molecule has 0 aliphatic heterocycles. The fraction of sp³-hybridized carbons (Fsp3) is 0.407. The zero-order valence-corrected chi connectivity index (χ0v) is 20.3. The lowest BCUT2D eigenvalue weighted by molar-refractivity contribution is 0.0926. The van der Waals surface area contributed by atoms with E-state index in [0.29, 0.717) is 24.8 Å². The number of carbonyl (C=O) groups is 1. The quantitative estimate of drug-likeness (QED) is 0.419. The fourth-order valence-corrected chi connectivity index (χ4v) is 3.69. The molecule has 1 N–H and O–H groups in total. The molecule has 176 valence electrons. The van der Waals surface area contributed by atoms with E-state index in [1.807, 2.05) is 24.3 Å². The zero-order valence-electron chi connectivity index (χ0n) is 20.3. The Hall–Kier alpha value is -3.12. The Labute approximate surface area is 196 Å². The molecule has 0 saturated carbocycles. The summed E-state index contributed by atoms with van der Waals surface area (Å²) < 4.78 is 11.2. The number of benzene rings is 2. The van der Waals surface area contributed by atoms with E-state index in [0.717, 1.165) is 24.4 Å². The molecule has 3 rings (SSSR count). The van der Waals surface area contributed by atoms with Crippen LogP contribution in [-0.2, 0) is 0 Å². The summed E-state index contributed by atoms with van der Waals surface area (Å²) in [6.45, 7) is 13.5. The Morgan fingerprint density at radius 3 is 2.33 bits per heavy atom. The maximum atomic E-state index is 12.8. The van der Waals surface area contributed by atoms with Gasteiger partial charge in [0.25, 0.3) is 5.91 Å². The second-order valence-corrected chi connectivity index (χ2v) is 8.66. The van der Waals surface area contributed by atoms with Crippen molar-refractivity contribution in [3.05, 3.63) is 71.4 Å². The summed E-state index contributed by atoms with van der Waals surface area (Å²) in [5.41, 5.74) is 3.52. The molecule has 0 spiro atoms. The normalized spacial score (nSPS) is 12.2. The molecule has 0 aliphatic carbocycles. The van der Waals surface area contributed by atoms with Crippen molar-refractivity contribution in [3.8, 4) is 17.1 Å². The van der Waals surface area contributed by atoms with Crippen LogP contribution in [0.15, 0.2) is 59.1 Å². The summed E-state index contributed by atoms with van der Waals surface area (Å²) in [6, 6.07) is 17.9. The molecule has 0 bridgehead atoms. The Morgan fingerprint density at radius 1 is 1.06 bits per heavy atom. The zero-order chi connectivity index (χ0) is 23.8. The highest BCUT2D eigenvalue weighted by atomic mass is 16.5. The van der Waals surface area contributed by atoms with Crippen LogP contribution in [0.1, 0.15) is 55.4 Å². The minimum Gasteiger partial charge on any atom is -0.493 e. The molecule has 1 heterocycles. The van der Waals surface area contributed by atoms with Crippen molar-refractivity contribution < 1.29 is 14.1 Å². The van der Waals surface area contributed by atoms with Gasteiger partial charge in [-0.3, -0.25) is 9.69 Å². The Balaban J connectivity index is 1.66. The Morgan fingerprint density at radius 2 is 1.73 bits per heavy atom. The second kappa shape index (κ2) is 11.7. The number of aryl methyl sites for hydroxylation is 1. The number of nitrogens with zero attached hydrogens (tertiary/aromatic N) is 2. The number of nitrogens with one attached hydrogen (secondary N) is 1. The lowest BCUT2D eigenvalue weighted by Gasteiger charge is -2.30. The van der Waals surface area contributed by atoms with Crippen LogP contribution in [0.4, 0.5) is 0 Å². The van der Waals surface area contributed by atoms with Crippen LogP contribution in [0.25, 0.3) is 11.3 Å². The van der Waals surface area contributed by atoms with Gasteiger partial charge in [0.05, 0.1) is 12.6 Å². The van der Waals surface area contributed by atoms with Crippen molar-refractivity contribution in [2.75, 3.05) is 26.2 Å². The summed E-state index contributed by atoms with van der Waals surface area (Å²) in [5.74, 6) is 1.58. The fourth-order valence-electron chi connectivity index (χ4n) is 3.69. The molecule has 1 amide bonds. The van der Waals surface area contributed by atoms with Crippen LogP contribution in [0.2, 0.25) is 0 Å². The third-order valence-electron chi connectivity index (χ3n) is 5.64. The van der Waals surface area contributed by atoms with Gasteiger partial charge in [0.15, 0.2) is 11.5 Å². The molecule has 33 heavy (non-hydrogen) atoms. The number of ether oxygens (including phenoxy) is 1. The molecule has 6 nitrogen and oxygen atoms in total. The predicted octanol–water partition coefficient (Wildman–Crippen LogP) is 5.50. The van der Waals surface area contributed by atoms with Crippen LogP contribution >= 0.6 is 0 Å². The van der Waals surface area contributed by atoms with Gasteiger partial charge in [-0.2, -0.15) is 0 Å². The van der Waals surface area contributed by atoms with Crippen LogP contribution in [0, 0.1) is 12.8 Å². The minimum absolute atomic E-state index is 0.0919. The smallest absolute Gasteiger partial charge is 0.273 e. The molecule has 2 aromatic carbocycles. The van der Waals surface area contributed by atoms with Gasteiger partial charge in [-0.15, -0.1) is 0 Å². The highest BCUT2D eigenvalue weighted by molar-refractivity contribution is 5.93. The predicted molar refractivity (Wildman–Crippen MR) is 131 cm³/mol. The molecular weight excluding hydrogens is 414 g/mol. The first kappa shape index (κ1) is 24.5. The van der Waals surface area contributed by atoms with Gasteiger partial charge >= 0.3 is 0 Å². The van der Waals surface area contributed by atoms with Crippen LogP contribution < -0.4 is 10.1 Å². The highest BCUT2D eigenvalue weighted by Crippen LogP contribution is 2.24. The molecular formula is C27H35N3O3. The van der Waals surface area contributed by atoms with E-state index in [-0.39, 0.29) is 17.6 Å². The summed E-state index contributed by atoms with van der Waals surface area (Å²) in [7, 11) is 0. The van der Waals surface area contributed by atoms with Crippen molar-refractivity contribution in [2.24, 2.45) is 5.92 Å². The molecule has 0 unspecified atom stereocenters. The van der Waals surface area contributed by atoms with Crippen molar-refractivity contribution in [2.45, 2.75) is 40.7 Å². The van der Waals surface area contributed by atoms with Crippen LogP contribution in [0.5, 0.6) is 5.75 Å². The monoisotopic (exact) mass is 449 g/mol. The highest BCUT2D eigenvalue weighted by Gasteiger charge is 2.21. The first-order valence-corrected chi connectivity index (χ1v) is 11.7. The first-order chi connectivity index (χ1) is 15.9. The molecule has 0 radical (unpaired) electrons. The molecule has 6 heteroatoms. The van der Waals surface area contributed by atoms with Gasteiger partial charge in [0.1, 0.15) is 5.75 Å². The van der Waals surface area contributed by atoms with E-state index >= 15 is 0 Å². The van der Waals surface area contributed by atoms with E-state index in [9.17, 15) is 4.79 Å². The Bertz CT molecular complexity index is 1010. The molecule has 1 atom stereocenters. The van der Waals surface area contributed by atoms with Gasteiger partial charge in [-0.05, 0) is 55.8 Å². The summed E-state index contributed by atoms with van der Waals surface area (Å²) in [5, 5.41) is 7.03. The van der Waals surface area contributed by atoms with E-state index < -0.39 is 0 Å². The van der Waals surface area contributed by atoms with Crippen LogP contribution in [-0.4, -0.2) is 42.2 Å². The van der Waals surface area contributed by atoms with E-state index in [1.54, 1.807) is 6.07 Å². The number of likely N-dealkylation sites (N-methyl/N-ethyl adjacent to an activating group) is 1. The van der Waals surface area contributed by atoms with E-state index in [4.69, 9.17) is 9.26 Å². The number of carbonyl (C=O) groups excluding carboxylic acids is 1. The van der Waals surface area contributed by atoms with E-state index in [1.165, 1.54) is 11.1 Å². The van der Waals surface area contributed by atoms with E-state index in [2.05, 4.69) is 74.3 Å². The lowest BCUT2D eigenvalue weighted by atomic mass is 10.0. The Kier molecular flexibility index (Phi) is 8.66. The molecule has 0 fully saturated rings. The number of aromatic nitrogens is 1. The van der Waals surface area contributed by atoms with Crippen LogP contribution in [0.3, 0.4) is 0 Å². The average Bonchev–Trinajstić information content (AvgIpc) is 3.32. The summed E-state index contributed by atoms with van der Waals surface area (Å²) >= 11 is 0. The molecule has 0 aliphatic rings. The third-order valence-corrected chi connectivity index (χ3v) is 5.64. The number of rotatable bonds is 11. The third kappa shape index (κ3) is 6.68. The second-order valence-electron chi connectivity index (χ2n) is 8.66. The minimum atomic E-state index is -0.244. The summed E-state index contributed by atoms with van der Waals surface area (Å²) in [4.78, 5) is 15.1.